The molecule has 2 N–H and O–H groups in total. The van der Waals surface area contributed by atoms with Crippen LogP contribution in [0, 0.1) is 6.92 Å². The molecule has 0 aromatic carbocycles. The van der Waals surface area contributed by atoms with Crippen LogP contribution in [0.1, 0.15) is 35.1 Å². The van der Waals surface area contributed by atoms with Crippen molar-refractivity contribution < 1.29 is 19.7 Å². The predicted octanol–water partition coefficient (Wildman–Crippen LogP) is 0.808. The Bertz CT molecular complexity index is 505. The third-order valence-electron chi connectivity index (χ3n) is 3.87. The van der Waals surface area contributed by atoms with Crippen LogP contribution in [0.4, 0.5) is 0 Å². The van der Waals surface area contributed by atoms with E-state index in [4.69, 9.17) is 4.74 Å². The summed E-state index contributed by atoms with van der Waals surface area (Å²) in [6.45, 7) is 4.16. The van der Waals surface area contributed by atoms with Crippen molar-refractivity contribution in [3.8, 4) is 5.19 Å². The number of likely N-dealkylation sites (tertiary alicyclic amines) is 1. The maximum atomic E-state index is 12.4. The minimum Gasteiger partial charge on any atom is -0.473 e. The van der Waals surface area contributed by atoms with E-state index < -0.39 is 11.7 Å². The molecular weight excluding hydrogens is 280 g/mol. The van der Waals surface area contributed by atoms with E-state index >= 15 is 0 Å². The molecule has 2 rings (SSSR count). The van der Waals surface area contributed by atoms with Crippen molar-refractivity contribution >= 4 is 17.2 Å². The molecule has 0 aliphatic carbocycles. The fourth-order valence-electron chi connectivity index (χ4n) is 2.36. The monoisotopic (exact) mass is 300 g/mol. The Morgan fingerprint density at radius 1 is 1.65 bits per heavy atom. The highest BCUT2D eigenvalue weighted by atomic mass is 32.1. The van der Waals surface area contributed by atoms with Gasteiger partial charge in [0.2, 0.25) is 0 Å². The molecular formula is C13H20N2O4S. The van der Waals surface area contributed by atoms with Crippen LogP contribution >= 0.6 is 11.3 Å². The van der Waals surface area contributed by atoms with Crippen molar-refractivity contribution in [3.05, 3.63) is 10.6 Å². The standard InChI is InChI=1S/C13H20N2O4S/c1-4-13(18)5-6-15(7-9(13)16)11(17)10-8(2)14-12(19-3)20-10/h9,16,18H,4-7H2,1-3H3/t9-,13-/m0/s1. The molecule has 0 spiro atoms. The number of carbonyl (C=O) groups is 1. The summed E-state index contributed by atoms with van der Waals surface area (Å²) in [4.78, 5) is 18.7. The number of hydrogen-bond acceptors (Lipinski definition) is 6. The number of aliphatic hydroxyl groups excluding tert-OH is 1. The third kappa shape index (κ3) is 2.65. The molecule has 6 nitrogen and oxygen atoms in total. The third-order valence-corrected chi connectivity index (χ3v) is 4.98. The molecule has 1 saturated heterocycles. The van der Waals surface area contributed by atoms with Gasteiger partial charge in [0.15, 0.2) is 0 Å². The number of methoxy groups -OCH3 is 1. The second-order valence-electron chi connectivity index (χ2n) is 5.07. The second kappa shape index (κ2) is 5.67. The molecule has 112 valence electrons. The first kappa shape index (κ1) is 15.2. The number of aryl methyl sites for hydroxylation is 1. The van der Waals surface area contributed by atoms with Gasteiger partial charge in [-0.05, 0) is 19.8 Å². The molecule has 1 amide bonds. The molecule has 1 aromatic rings. The predicted molar refractivity (Wildman–Crippen MR) is 75.2 cm³/mol. The Morgan fingerprint density at radius 3 is 2.85 bits per heavy atom. The Hall–Kier alpha value is -1.18. The molecule has 2 heterocycles. The van der Waals surface area contributed by atoms with E-state index in [1.165, 1.54) is 18.4 Å². The van der Waals surface area contributed by atoms with Gasteiger partial charge in [0.1, 0.15) is 11.0 Å². The Labute approximate surface area is 122 Å². The number of β-amino-alcohol motifs (C(OH)–C–C–N with tert-alkyl or cyclic N) is 1. The fraction of sp³-hybridized carbons (Fsp3) is 0.692. The quantitative estimate of drug-likeness (QED) is 0.863. The first-order chi connectivity index (χ1) is 9.41. The first-order valence-corrected chi connectivity index (χ1v) is 7.44. The minimum atomic E-state index is -1.09. The van der Waals surface area contributed by atoms with E-state index in [1.807, 2.05) is 6.92 Å². The SMILES string of the molecule is CC[C@]1(O)CCN(C(=O)c2sc(OC)nc2C)C[C@@H]1O. The van der Waals surface area contributed by atoms with Gasteiger partial charge in [0.05, 0.1) is 18.4 Å². The molecule has 20 heavy (non-hydrogen) atoms. The minimum absolute atomic E-state index is 0.142. The molecule has 0 radical (unpaired) electrons. The topological polar surface area (TPSA) is 82.9 Å². The van der Waals surface area contributed by atoms with Crippen LogP contribution in [-0.2, 0) is 0 Å². The number of hydrogen-bond donors (Lipinski definition) is 2. The number of carbonyl (C=O) groups excluding carboxylic acids is 1. The molecule has 1 aliphatic rings. The summed E-state index contributed by atoms with van der Waals surface area (Å²) in [6.07, 6.45) is -0.0602. The maximum Gasteiger partial charge on any atom is 0.273 e. The fourth-order valence-corrected chi connectivity index (χ4v) is 3.21. The van der Waals surface area contributed by atoms with Crippen molar-refractivity contribution in [1.29, 1.82) is 0 Å². The van der Waals surface area contributed by atoms with Gasteiger partial charge in [-0.2, -0.15) is 0 Å². The smallest absolute Gasteiger partial charge is 0.273 e. The summed E-state index contributed by atoms with van der Waals surface area (Å²) in [5, 5.41) is 20.7. The Kier molecular flexibility index (Phi) is 4.31. The van der Waals surface area contributed by atoms with Crippen molar-refractivity contribution in [1.82, 2.24) is 9.88 Å². The van der Waals surface area contributed by atoms with Crippen LogP contribution in [0.5, 0.6) is 5.19 Å². The summed E-state index contributed by atoms with van der Waals surface area (Å²) < 4.78 is 5.03. The summed E-state index contributed by atoms with van der Waals surface area (Å²) in [5.74, 6) is -0.166. The van der Waals surface area contributed by atoms with E-state index in [1.54, 1.807) is 11.8 Å². The van der Waals surface area contributed by atoms with Crippen molar-refractivity contribution in [2.24, 2.45) is 0 Å². The molecule has 1 aliphatic heterocycles. The first-order valence-electron chi connectivity index (χ1n) is 6.62. The molecule has 0 unspecified atom stereocenters. The number of aliphatic hydroxyl groups is 2. The van der Waals surface area contributed by atoms with Crippen LogP contribution in [0.15, 0.2) is 0 Å². The highest BCUT2D eigenvalue weighted by Crippen LogP contribution is 2.30. The largest absolute Gasteiger partial charge is 0.473 e. The summed E-state index contributed by atoms with van der Waals surface area (Å²) in [6, 6.07) is 0. The summed E-state index contributed by atoms with van der Waals surface area (Å²) in [7, 11) is 1.51. The maximum absolute atomic E-state index is 12.4. The van der Waals surface area contributed by atoms with Gasteiger partial charge in [0.25, 0.3) is 11.1 Å². The van der Waals surface area contributed by atoms with Gasteiger partial charge in [-0.1, -0.05) is 18.3 Å². The highest BCUT2D eigenvalue weighted by molar-refractivity contribution is 7.15. The Morgan fingerprint density at radius 2 is 2.35 bits per heavy atom. The number of aromatic nitrogens is 1. The Balaban J connectivity index is 2.13. The van der Waals surface area contributed by atoms with Gasteiger partial charge in [-0.3, -0.25) is 4.79 Å². The molecule has 0 bridgehead atoms. The second-order valence-corrected chi connectivity index (χ2v) is 6.03. The summed E-state index contributed by atoms with van der Waals surface area (Å²) >= 11 is 1.20. The molecule has 0 saturated carbocycles. The lowest BCUT2D eigenvalue weighted by Gasteiger charge is -2.41. The highest BCUT2D eigenvalue weighted by Gasteiger charge is 2.41. The van der Waals surface area contributed by atoms with Crippen LogP contribution in [0.3, 0.4) is 0 Å². The van der Waals surface area contributed by atoms with Crippen molar-refractivity contribution in [3.63, 3.8) is 0 Å². The lowest BCUT2D eigenvalue weighted by molar-refractivity contribution is -0.114. The zero-order valence-corrected chi connectivity index (χ0v) is 12.7. The van der Waals surface area contributed by atoms with Crippen LogP contribution in [0.2, 0.25) is 0 Å². The normalized spacial score (nSPS) is 26.6. The van der Waals surface area contributed by atoms with E-state index in [2.05, 4.69) is 4.98 Å². The molecule has 2 atom stereocenters. The number of rotatable bonds is 3. The zero-order valence-electron chi connectivity index (χ0n) is 11.9. The van der Waals surface area contributed by atoms with Gasteiger partial charge in [-0.25, -0.2) is 4.98 Å². The van der Waals surface area contributed by atoms with Crippen LogP contribution < -0.4 is 4.74 Å². The number of piperidine rings is 1. The number of thiazole rings is 1. The van der Waals surface area contributed by atoms with Gasteiger partial charge in [-0.15, -0.1) is 0 Å². The number of amides is 1. The van der Waals surface area contributed by atoms with Crippen molar-refractivity contribution in [2.45, 2.75) is 38.4 Å². The van der Waals surface area contributed by atoms with E-state index in [9.17, 15) is 15.0 Å². The van der Waals surface area contributed by atoms with E-state index in [0.717, 1.165) is 0 Å². The average Bonchev–Trinajstić information content (AvgIpc) is 2.82. The average molecular weight is 300 g/mol. The van der Waals surface area contributed by atoms with Gasteiger partial charge in [0, 0.05) is 13.1 Å². The van der Waals surface area contributed by atoms with E-state index in [0.29, 0.717) is 35.2 Å². The lowest BCUT2D eigenvalue weighted by Crippen LogP contribution is -2.56. The lowest BCUT2D eigenvalue weighted by atomic mass is 9.86. The zero-order chi connectivity index (χ0) is 14.9. The number of nitrogens with zero attached hydrogens (tertiary/aromatic N) is 2. The van der Waals surface area contributed by atoms with Crippen LogP contribution in [-0.4, -0.2) is 57.9 Å². The number of ether oxygens (including phenoxy) is 1. The van der Waals surface area contributed by atoms with E-state index in [-0.39, 0.29) is 12.5 Å². The van der Waals surface area contributed by atoms with Gasteiger partial charge >= 0.3 is 0 Å². The van der Waals surface area contributed by atoms with Crippen molar-refractivity contribution in [2.75, 3.05) is 20.2 Å². The molecule has 1 aromatic heterocycles. The molecule has 7 heteroatoms. The molecule has 1 fully saturated rings. The summed E-state index contributed by atoms with van der Waals surface area (Å²) in [5.41, 5.74) is -0.459. The van der Waals surface area contributed by atoms with Gasteiger partial charge < -0.3 is 19.8 Å². The van der Waals surface area contributed by atoms with Crippen LogP contribution in [0.25, 0.3) is 0 Å².